The second-order valence-electron chi connectivity index (χ2n) is 8.64. The van der Waals surface area contributed by atoms with E-state index in [1.165, 1.54) is 0 Å². The maximum absolute atomic E-state index is 5.93. The lowest BCUT2D eigenvalue weighted by Crippen LogP contribution is -2.16. The molecule has 0 unspecified atom stereocenters. The Bertz CT molecular complexity index is 1100. The number of nitrogens with zero attached hydrogens (tertiary/aromatic N) is 6. The molecule has 2 heterocycles. The van der Waals surface area contributed by atoms with Crippen molar-refractivity contribution in [2.45, 2.75) is 40.2 Å². The molecule has 9 nitrogen and oxygen atoms in total. The predicted molar refractivity (Wildman–Crippen MR) is 117 cm³/mol. The van der Waals surface area contributed by atoms with Crippen LogP contribution in [0.1, 0.15) is 33.6 Å². The van der Waals surface area contributed by atoms with E-state index in [-0.39, 0.29) is 5.41 Å². The Labute approximate surface area is 180 Å². The summed E-state index contributed by atoms with van der Waals surface area (Å²) < 4.78 is 13.7. The Morgan fingerprint density at radius 3 is 2.29 bits per heavy atom. The minimum atomic E-state index is 0.130. The summed E-state index contributed by atoms with van der Waals surface area (Å²) in [7, 11) is 0. The van der Waals surface area contributed by atoms with Crippen molar-refractivity contribution in [1.29, 1.82) is 0 Å². The maximum atomic E-state index is 5.93. The SMILES string of the molecule is CC(C)(C)Cn1nnc2ccc(OCCCCOc3ccc(-c4nnn[nH]4)cc3)cc21. The number of aromatic nitrogens is 7. The molecule has 2 aromatic heterocycles. The van der Waals surface area contributed by atoms with Crippen molar-refractivity contribution in [2.75, 3.05) is 13.2 Å². The molecule has 0 bridgehead atoms. The van der Waals surface area contributed by atoms with E-state index in [1.54, 1.807) is 0 Å². The van der Waals surface area contributed by atoms with Crippen molar-refractivity contribution in [3.63, 3.8) is 0 Å². The number of tetrazole rings is 1. The zero-order valence-electron chi connectivity index (χ0n) is 18.1. The normalized spacial score (nSPS) is 11.7. The fraction of sp³-hybridized carbons (Fsp3) is 0.409. The number of nitrogens with one attached hydrogen (secondary N) is 1. The van der Waals surface area contributed by atoms with E-state index in [0.717, 1.165) is 47.5 Å². The van der Waals surface area contributed by atoms with Crippen LogP contribution in [0, 0.1) is 5.41 Å². The van der Waals surface area contributed by atoms with Crippen LogP contribution in [0.4, 0.5) is 0 Å². The number of ether oxygens (including phenoxy) is 2. The van der Waals surface area contributed by atoms with Gasteiger partial charge in [-0.15, -0.1) is 10.2 Å². The van der Waals surface area contributed by atoms with Crippen molar-refractivity contribution < 1.29 is 9.47 Å². The van der Waals surface area contributed by atoms with Gasteiger partial charge in [0.2, 0.25) is 0 Å². The van der Waals surface area contributed by atoms with E-state index in [1.807, 2.05) is 47.1 Å². The maximum Gasteiger partial charge on any atom is 0.179 e. The van der Waals surface area contributed by atoms with Gasteiger partial charge in [0.1, 0.15) is 17.0 Å². The second-order valence-corrected chi connectivity index (χ2v) is 8.64. The summed E-state index contributed by atoms with van der Waals surface area (Å²) in [6, 6.07) is 13.6. The van der Waals surface area contributed by atoms with Gasteiger partial charge in [-0.25, -0.2) is 9.78 Å². The van der Waals surface area contributed by atoms with Crippen LogP contribution in [0.5, 0.6) is 11.5 Å². The molecule has 0 saturated carbocycles. The summed E-state index contributed by atoms with van der Waals surface area (Å²) in [5.74, 6) is 2.30. The van der Waals surface area contributed by atoms with Crippen molar-refractivity contribution in [3.05, 3.63) is 42.5 Å². The first kappa shape index (κ1) is 20.8. The summed E-state index contributed by atoms with van der Waals surface area (Å²) in [6.45, 7) is 8.63. The summed E-state index contributed by atoms with van der Waals surface area (Å²) in [6.07, 6.45) is 1.80. The first-order valence-corrected chi connectivity index (χ1v) is 10.4. The van der Waals surface area contributed by atoms with E-state index in [2.05, 4.69) is 51.7 Å². The Morgan fingerprint density at radius 1 is 0.903 bits per heavy atom. The average molecular weight is 422 g/mol. The van der Waals surface area contributed by atoms with Crippen LogP contribution in [0.3, 0.4) is 0 Å². The molecule has 9 heteroatoms. The van der Waals surface area contributed by atoms with E-state index in [9.17, 15) is 0 Å². The fourth-order valence-corrected chi connectivity index (χ4v) is 3.18. The minimum Gasteiger partial charge on any atom is -0.494 e. The first-order valence-electron chi connectivity index (χ1n) is 10.4. The quantitative estimate of drug-likeness (QED) is 0.409. The molecule has 1 N–H and O–H groups in total. The molecule has 4 aromatic rings. The molecule has 0 aliphatic heterocycles. The van der Waals surface area contributed by atoms with Gasteiger partial charge in [-0.2, -0.15) is 0 Å². The highest BCUT2D eigenvalue weighted by molar-refractivity contribution is 5.76. The zero-order valence-corrected chi connectivity index (χ0v) is 18.1. The summed E-state index contributed by atoms with van der Waals surface area (Å²) >= 11 is 0. The van der Waals surface area contributed by atoms with Gasteiger partial charge in [0.25, 0.3) is 0 Å². The van der Waals surface area contributed by atoms with Gasteiger partial charge in [0.05, 0.1) is 18.7 Å². The van der Waals surface area contributed by atoms with Crippen molar-refractivity contribution in [3.8, 4) is 22.9 Å². The Hall–Kier alpha value is -3.49. The van der Waals surface area contributed by atoms with Gasteiger partial charge in [0.15, 0.2) is 5.82 Å². The highest BCUT2D eigenvalue weighted by Crippen LogP contribution is 2.23. The molecule has 0 radical (unpaired) electrons. The van der Waals surface area contributed by atoms with Crippen molar-refractivity contribution >= 4 is 11.0 Å². The van der Waals surface area contributed by atoms with Gasteiger partial charge in [-0.05, 0) is 65.1 Å². The molecule has 0 spiro atoms. The summed E-state index contributed by atoms with van der Waals surface area (Å²) in [4.78, 5) is 0. The molecule has 0 saturated heterocycles. The molecule has 31 heavy (non-hydrogen) atoms. The number of H-pyrrole nitrogens is 1. The van der Waals surface area contributed by atoms with Crippen LogP contribution in [0.25, 0.3) is 22.4 Å². The summed E-state index contributed by atoms with van der Waals surface area (Å²) in [5.41, 5.74) is 2.93. The van der Waals surface area contributed by atoms with Crippen LogP contribution >= 0.6 is 0 Å². The van der Waals surface area contributed by atoms with Crippen LogP contribution in [0.15, 0.2) is 42.5 Å². The molecule has 0 aliphatic rings. The topological polar surface area (TPSA) is 104 Å². The van der Waals surface area contributed by atoms with Gasteiger partial charge in [-0.1, -0.05) is 26.0 Å². The lowest BCUT2D eigenvalue weighted by atomic mass is 9.97. The van der Waals surface area contributed by atoms with Crippen LogP contribution < -0.4 is 9.47 Å². The predicted octanol–water partition coefficient (Wildman–Crippen LogP) is 3.90. The number of unbranched alkanes of at least 4 members (excludes halogenated alkanes) is 1. The molecule has 162 valence electrons. The van der Waals surface area contributed by atoms with Gasteiger partial charge >= 0.3 is 0 Å². The lowest BCUT2D eigenvalue weighted by molar-refractivity contribution is 0.266. The average Bonchev–Trinajstić information content (AvgIpc) is 3.41. The number of rotatable bonds is 9. The highest BCUT2D eigenvalue weighted by Gasteiger charge is 2.15. The van der Waals surface area contributed by atoms with Crippen LogP contribution in [-0.4, -0.2) is 48.8 Å². The van der Waals surface area contributed by atoms with Crippen LogP contribution in [-0.2, 0) is 6.54 Å². The standard InChI is InChI=1S/C22H27N7O2/c1-22(2,3)15-29-20-14-18(10-11-19(20)23-28-29)31-13-5-4-12-30-17-8-6-16(7-9-17)21-24-26-27-25-21/h6-11,14H,4-5,12-13,15H2,1-3H3,(H,24,25,26,27). The smallest absolute Gasteiger partial charge is 0.179 e. The second kappa shape index (κ2) is 9.11. The molecule has 0 atom stereocenters. The molecular formula is C22H27N7O2. The van der Waals surface area contributed by atoms with Crippen LogP contribution in [0.2, 0.25) is 0 Å². The highest BCUT2D eigenvalue weighted by atomic mass is 16.5. The number of aromatic amines is 1. The molecule has 0 fully saturated rings. The van der Waals surface area contributed by atoms with Crippen molar-refractivity contribution in [2.24, 2.45) is 5.41 Å². The molecule has 0 aliphatic carbocycles. The Morgan fingerprint density at radius 2 is 1.61 bits per heavy atom. The number of hydrogen-bond donors (Lipinski definition) is 1. The molecule has 2 aromatic carbocycles. The van der Waals surface area contributed by atoms with Gasteiger partial charge in [-0.3, -0.25) is 0 Å². The third-order valence-electron chi connectivity index (χ3n) is 4.66. The Kier molecular flexibility index (Phi) is 6.11. The number of benzene rings is 2. The first-order chi connectivity index (χ1) is 15.0. The summed E-state index contributed by atoms with van der Waals surface area (Å²) in [5, 5.41) is 22.3. The number of fused-ring (bicyclic) bond motifs is 1. The molecule has 0 amide bonds. The van der Waals surface area contributed by atoms with E-state index >= 15 is 0 Å². The zero-order chi connectivity index (χ0) is 21.7. The Balaban J connectivity index is 1.21. The molecule has 4 rings (SSSR count). The fourth-order valence-electron chi connectivity index (χ4n) is 3.18. The molecular weight excluding hydrogens is 394 g/mol. The van der Waals surface area contributed by atoms with Gasteiger partial charge in [0, 0.05) is 18.2 Å². The van der Waals surface area contributed by atoms with Crippen molar-refractivity contribution in [1.82, 2.24) is 35.6 Å². The third kappa shape index (κ3) is 5.56. The van der Waals surface area contributed by atoms with E-state index in [4.69, 9.17) is 9.47 Å². The third-order valence-corrected chi connectivity index (χ3v) is 4.66. The number of hydrogen-bond acceptors (Lipinski definition) is 7. The van der Waals surface area contributed by atoms with E-state index < -0.39 is 0 Å². The van der Waals surface area contributed by atoms with E-state index in [0.29, 0.717) is 19.0 Å². The monoisotopic (exact) mass is 421 g/mol. The lowest BCUT2D eigenvalue weighted by Gasteiger charge is -2.18. The largest absolute Gasteiger partial charge is 0.494 e. The minimum absolute atomic E-state index is 0.130. The van der Waals surface area contributed by atoms with Gasteiger partial charge < -0.3 is 9.47 Å².